The Morgan fingerprint density at radius 3 is 2.36 bits per heavy atom. The number of ether oxygens (including phenoxy) is 2. The minimum absolute atomic E-state index is 0.0594. The highest BCUT2D eigenvalue weighted by Crippen LogP contribution is 2.45. The van der Waals surface area contributed by atoms with Crippen LogP contribution in [0.2, 0.25) is 0 Å². The van der Waals surface area contributed by atoms with E-state index in [1.54, 1.807) is 25.1 Å². The van der Waals surface area contributed by atoms with Gasteiger partial charge in [0.25, 0.3) is 10.1 Å². The molecule has 1 saturated heterocycles. The van der Waals surface area contributed by atoms with Gasteiger partial charge in [0.1, 0.15) is 29.2 Å². The second-order valence-corrected chi connectivity index (χ2v) is 12.7. The van der Waals surface area contributed by atoms with Crippen LogP contribution in [0.4, 0.5) is 4.39 Å². The van der Waals surface area contributed by atoms with Crippen LogP contribution in [0.3, 0.4) is 0 Å². The number of hydrogen-bond donors (Lipinski definition) is 1. The van der Waals surface area contributed by atoms with Crippen LogP contribution in [0.5, 0.6) is 11.5 Å². The average Bonchev–Trinajstić information content (AvgIpc) is 3.01. The molecule has 45 heavy (non-hydrogen) atoms. The SMILES string of the molecule is Cc1ccc(S(=O)(=O)O)c(-c2cc(OCc3ccccc3)c(OC3CCN(C)CC3)c3oc(-c4ccc(F)cc4)cc(=O)c23)c1. The van der Waals surface area contributed by atoms with Crippen molar-refractivity contribution < 1.29 is 31.3 Å². The van der Waals surface area contributed by atoms with Crippen LogP contribution < -0.4 is 14.9 Å². The molecule has 0 bridgehead atoms. The van der Waals surface area contributed by atoms with E-state index in [0.717, 1.165) is 31.5 Å². The Labute approximate surface area is 260 Å². The monoisotopic (exact) mass is 629 g/mol. The van der Waals surface area contributed by atoms with E-state index >= 15 is 0 Å². The fourth-order valence-electron chi connectivity index (χ4n) is 5.56. The maximum Gasteiger partial charge on any atom is 0.295 e. The lowest BCUT2D eigenvalue weighted by molar-refractivity contribution is 0.110. The summed E-state index contributed by atoms with van der Waals surface area (Å²) >= 11 is 0. The summed E-state index contributed by atoms with van der Waals surface area (Å²) in [6.07, 6.45) is 1.25. The average molecular weight is 630 g/mol. The van der Waals surface area contributed by atoms with Crippen molar-refractivity contribution in [1.82, 2.24) is 4.90 Å². The molecule has 4 aromatic carbocycles. The molecule has 0 aliphatic carbocycles. The summed E-state index contributed by atoms with van der Waals surface area (Å²) in [6.45, 7) is 3.55. The number of aryl methyl sites for hydroxylation is 1. The van der Waals surface area contributed by atoms with Crippen molar-refractivity contribution in [2.45, 2.75) is 37.4 Å². The molecular formula is C35H32FNO7S. The van der Waals surface area contributed by atoms with Gasteiger partial charge in [-0.3, -0.25) is 9.35 Å². The number of hydrogen-bond acceptors (Lipinski definition) is 7. The van der Waals surface area contributed by atoms with Gasteiger partial charge in [-0.1, -0.05) is 48.0 Å². The number of fused-ring (bicyclic) bond motifs is 1. The van der Waals surface area contributed by atoms with Crippen LogP contribution in [-0.2, 0) is 16.7 Å². The van der Waals surface area contributed by atoms with E-state index in [2.05, 4.69) is 4.90 Å². The largest absolute Gasteiger partial charge is 0.485 e. The molecule has 8 nitrogen and oxygen atoms in total. The zero-order valence-corrected chi connectivity index (χ0v) is 25.6. The third-order valence-electron chi connectivity index (χ3n) is 7.94. The summed E-state index contributed by atoms with van der Waals surface area (Å²) in [7, 11) is -2.65. The van der Waals surface area contributed by atoms with E-state index in [-0.39, 0.29) is 57.0 Å². The van der Waals surface area contributed by atoms with Gasteiger partial charge >= 0.3 is 0 Å². The normalized spacial score (nSPS) is 14.5. The molecule has 1 aromatic heterocycles. The second-order valence-electron chi connectivity index (χ2n) is 11.3. The first-order valence-electron chi connectivity index (χ1n) is 14.6. The number of benzene rings is 4. The Balaban J connectivity index is 1.64. The standard InChI is InChI=1S/C35H32FNO7S/c1-22-8-13-32(45(39,40)41)27(18-22)28-19-31(42-21-23-6-4-3-5-7-23)34(43-26-14-16-37(2)17-15-26)35-33(28)29(38)20-30(44-35)24-9-11-25(36)12-10-24/h3-13,18-20,26H,14-17,21H2,1-2H3,(H,39,40,41). The minimum atomic E-state index is -4.69. The number of rotatable bonds is 8. The molecule has 10 heteroatoms. The van der Waals surface area contributed by atoms with Crippen LogP contribution in [0.1, 0.15) is 24.0 Å². The van der Waals surface area contributed by atoms with Gasteiger partial charge < -0.3 is 18.8 Å². The van der Waals surface area contributed by atoms with Crippen molar-refractivity contribution in [3.8, 4) is 33.9 Å². The van der Waals surface area contributed by atoms with Gasteiger partial charge in [-0.15, -0.1) is 0 Å². The van der Waals surface area contributed by atoms with Crippen molar-refractivity contribution in [3.63, 3.8) is 0 Å². The van der Waals surface area contributed by atoms with Gasteiger partial charge in [-0.25, -0.2) is 4.39 Å². The zero-order chi connectivity index (χ0) is 31.7. The van der Waals surface area contributed by atoms with Gasteiger partial charge in [-0.2, -0.15) is 8.42 Å². The quantitative estimate of drug-likeness (QED) is 0.185. The van der Waals surface area contributed by atoms with Crippen molar-refractivity contribution >= 4 is 21.1 Å². The topological polar surface area (TPSA) is 106 Å². The van der Waals surface area contributed by atoms with Crippen LogP contribution in [-0.4, -0.2) is 44.1 Å². The number of nitrogens with zero attached hydrogens (tertiary/aromatic N) is 1. The van der Waals surface area contributed by atoms with Crippen LogP contribution >= 0.6 is 0 Å². The first-order chi connectivity index (χ1) is 21.6. The van der Waals surface area contributed by atoms with Crippen molar-refractivity contribution in [1.29, 1.82) is 0 Å². The lowest BCUT2D eigenvalue weighted by Crippen LogP contribution is -2.35. The highest BCUT2D eigenvalue weighted by Gasteiger charge is 2.28. The van der Waals surface area contributed by atoms with E-state index in [0.29, 0.717) is 11.1 Å². The van der Waals surface area contributed by atoms with E-state index in [4.69, 9.17) is 13.9 Å². The van der Waals surface area contributed by atoms with E-state index in [1.807, 2.05) is 37.4 Å². The lowest BCUT2D eigenvalue weighted by Gasteiger charge is -2.30. The van der Waals surface area contributed by atoms with Gasteiger partial charge in [0.05, 0.1) is 5.39 Å². The molecule has 0 radical (unpaired) electrons. The Morgan fingerprint density at radius 1 is 0.956 bits per heavy atom. The third-order valence-corrected chi connectivity index (χ3v) is 8.85. The molecule has 0 spiro atoms. The first-order valence-corrected chi connectivity index (χ1v) is 16.0. The second kappa shape index (κ2) is 12.5. The molecular weight excluding hydrogens is 597 g/mol. The Kier molecular flexibility index (Phi) is 8.46. The summed E-state index contributed by atoms with van der Waals surface area (Å²) in [4.78, 5) is 15.8. The Bertz CT molecular complexity index is 2020. The first kappa shape index (κ1) is 30.5. The smallest absolute Gasteiger partial charge is 0.295 e. The third kappa shape index (κ3) is 6.63. The molecule has 0 unspecified atom stereocenters. The van der Waals surface area contributed by atoms with Crippen LogP contribution in [0.25, 0.3) is 33.4 Å². The molecule has 6 rings (SSSR count). The minimum Gasteiger partial charge on any atom is -0.485 e. The van der Waals surface area contributed by atoms with Crippen molar-refractivity contribution in [2.24, 2.45) is 0 Å². The molecule has 0 saturated carbocycles. The number of piperidine rings is 1. The molecule has 0 amide bonds. The maximum absolute atomic E-state index is 14.0. The van der Waals surface area contributed by atoms with Crippen molar-refractivity contribution in [3.05, 3.63) is 112 Å². The fourth-order valence-corrected chi connectivity index (χ4v) is 6.25. The van der Waals surface area contributed by atoms with Crippen molar-refractivity contribution in [2.75, 3.05) is 20.1 Å². The summed E-state index contributed by atoms with van der Waals surface area (Å²) < 4.78 is 68.4. The molecule has 1 N–H and O–H groups in total. The summed E-state index contributed by atoms with van der Waals surface area (Å²) in [5.41, 5.74) is 1.93. The maximum atomic E-state index is 14.0. The van der Waals surface area contributed by atoms with Gasteiger partial charge in [-0.05, 0) is 68.8 Å². The van der Waals surface area contributed by atoms with Crippen LogP contribution in [0.15, 0.2) is 99.0 Å². The fraction of sp³-hybridized carbons (Fsp3) is 0.229. The molecule has 232 valence electrons. The van der Waals surface area contributed by atoms with E-state index in [1.165, 1.54) is 36.4 Å². The molecule has 2 heterocycles. The highest BCUT2D eigenvalue weighted by molar-refractivity contribution is 7.86. The van der Waals surface area contributed by atoms with Gasteiger partial charge in [0.2, 0.25) is 5.75 Å². The molecule has 1 aliphatic heterocycles. The molecule has 0 atom stereocenters. The van der Waals surface area contributed by atoms with Crippen LogP contribution in [0, 0.1) is 12.7 Å². The summed E-state index contributed by atoms with van der Waals surface area (Å²) in [5, 5.41) is 0.0614. The predicted molar refractivity (Wildman–Crippen MR) is 170 cm³/mol. The number of halogens is 1. The zero-order valence-electron chi connectivity index (χ0n) is 24.8. The molecule has 1 aliphatic rings. The Hall–Kier alpha value is -4.51. The summed E-state index contributed by atoms with van der Waals surface area (Å²) in [6, 6.07) is 22.3. The van der Waals surface area contributed by atoms with E-state index < -0.39 is 21.4 Å². The number of likely N-dealkylation sites (tertiary alicyclic amines) is 1. The summed E-state index contributed by atoms with van der Waals surface area (Å²) in [5.74, 6) is 0.180. The Morgan fingerprint density at radius 2 is 1.67 bits per heavy atom. The lowest BCUT2D eigenvalue weighted by atomic mass is 9.97. The predicted octanol–water partition coefficient (Wildman–Crippen LogP) is 6.87. The van der Waals surface area contributed by atoms with E-state index in [9.17, 15) is 22.2 Å². The molecule has 1 fully saturated rings. The van der Waals surface area contributed by atoms with Gasteiger partial charge in [0, 0.05) is 35.8 Å². The highest BCUT2D eigenvalue weighted by atomic mass is 32.2. The molecule has 5 aromatic rings. The van der Waals surface area contributed by atoms with Gasteiger partial charge in [0.15, 0.2) is 16.8 Å².